The van der Waals surface area contributed by atoms with E-state index in [4.69, 9.17) is 0 Å². The van der Waals surface area contributed by atoms with E-state index < -0.39 is 23.5 Å². The second-order valence-electron chi connectivity index (χ2n) is 8.28. The van der Waals surface area contributed by atoms with E-state index in [9.17, 15) is 24.3 Å². The maximum Gasteiger partial charge on any atom is 0.326 e. The maximum absolute atomic E-state index is 13.2. The fourth-order valence-electron chi connectivity index (χ4n) is 3.64. The first-order chi connectivity index (χ1) is 13.6. The van der Waals surface area contributed by atoms with Gasteiger partial charge in [0.1, 0.15) is 11.6 Å². The summed E-state index contributed by atoms with van der Waals surface area (Å²) in [5, 5.41) is 9.45. The van der Waals surface area contributed by atoms with Crippen molar-refractivity contribution < 1.29 is 19.5 Å². The van der Waals surface area contributed by atoms with Gasteiger partial charge in [0.05, 0.1) is 0 Å². The number of fused-ring (bicyclic) bond motifs is 1. The molecule has 2 aromatic rings. The van der Waals surface area contributed by atoms with Crippen LogP contribution < -0.4 is 5.56 Å². The number of carboxylic acid groups (broad SMARTS) is 1. The van der Waals surface area contributed by atoms with Gasteiger partial charge in [-0.2, -0.15) is 0 Å². The number of carbonyl (C=O) groups is 3. The summed E-state index contributed by atoms with van der Waals surface area (Å²) >= 11 is 0. The molecule has 0 aliphatic heterocycles. The monoisotopic (exact) mass is 396 g/mol. The van der Waals surface area contributed by atoms with Crippen LogP contribution in [0.1, 0.15) is 59.2 Å². The van der Waals surface area contributed by atoms with Crippen LogP contribution >= 0.6 is 0 Å². The normalized spacial score (nSPS) is 16.0. The Morgan fingerprint density at radius 2 is 1.83 bits per heavy atom. The van der Waals surface area contributed by atoms with Gasteiger partial charge in [0.15, 0.2) is 5.78 Å². The summed E-state index contributed by atoms with van der Waals surface area (Å²) in [5.41, 5.74) is 0.482. The van der Waals surface area contributed by atoms with Gasteiger partial charge in [-0.15, -0.1) is 0 Å². The lowest BCUT2D eigenvalue weighted by atomic mass is 9.75. The van der Waals surface area contributed by atoms with Gasteiger partial charge in [-0.3, -0.25) is 14.4 Å². The molecule has 7 heteroatoms. The van der Waals surface area contributed by atoms with Crippen LogP contribution in [0, 0.1) is 5.41 Å². The standard InChI is InChI=1S/C22H24N2O5/c1-13(21(28)29)24(12-14-7-5-4-6-8-14)20(27)16-9-15-17(23-19(16)26)10-22(2,3)11-18(15)25/h4-9,13H,10-12H2,1-3H3,(H,23,26)(H,28,29). The predicted octanol–water partition coefficient (Wildman–Crippen LogP) is 2.65. The molecule has 152 valence electrons. The van der Waals surface area contributed by atoms with E-state index >= 15 is 0 Å². The largest absolute Gasteiger partial charge is 0.480 e. The second-order valence-corrected chi connectivity index (χ2v) is 8.28. The molecule has 1 heterocycles. The van der Waals surface area contributed by atoms with Crippen LogP contribution in [0.15, 0.2) is 41.2 Å². The van der Waals surface area contributed by atoms with Crippen LogP contribution in [-0.4, -0.2) is 38.7 Å². The molecule has 1 aliphatic carbocycles. The number of nitrogens with zero attached hydrogens (tertiary/aromatic N) is 1. The van der Waals surface area contributed by atoms with E-state index in [1.54, 1.807) is 24.3 Å². The Balaban J connectivity index is 2.02. The molecule has 0 saturated heterocycles. The number of amides is 1. The molecule has 1 aliphatic rings. The number of nitrogens with one attached hydrogen (secondary N) is 1. The number of rotatable bonds is 5. The molecule has 3 rings (SSSR count). The molecule has 2 N–H and O–H groups in total. The molecule has 1 atom stereocenters. The molecule has 0 spiro atoms. The number of carbonyl (C=O) groups excluding carboxylic acids is 2. The Kier molecular flexibility index (Phi) is 5.42. The summed E-state index contributed by atoms with van der Waals surface area (Å²) in [6, 6.07) is 9.12. The molecule has 29 heavy (non-hydrogen) atoms. The van der Waals surface area contributed by atoms with Crippen LogP contribution in [0.5, 0.6) is 0 Å². The topological polar surface area (TPSA) is 108 Å². The van der Waals surface area contributed by atoms with Gasteiger partial charge in [-0.1, -0.05) is 44.2 Å². The summed E-state index contributed by atoms with van der Waals surface area (Å²) in [5.74, 6) is -2.03. The summed E-state index contributed by atoms with van der Waals surface area (Å²) in [6.45, 7) is 5.32. The third-order valence-electron chi connectivity index (χ3n) is 5.23. The highest BCUT2D eigenvalue weighted by molar-refractivity contribution is 6.02. The zero-order valence-corrected chi connectivity index (χ0v) is 16.7. The number of carboxylic acids is 1. The van der Waals surface area contributed by atoms with E-state index in [0.29, 0.717) is 24.1 Å². The summed E-state index contributed by atoms with van der Waals surface area (Å²) in [4.78, 5) is 53.7. The fraction of sp³-hybridized carbons (Fsp3) is 0.364. The summed E-state index contributed by atoms with van der Waals surface area (Å²) in [7, 11) is 0. The number of hydrogen-bond acceptors (Lipinski definition) is 4. The van der Waals surface area contributed by atoms with Crippen LogP contribution in [0.4, 0.5) is 0 Å². The van der Waals surface area contributed by atoms with Crippen molar-refractivity contribution in [1.29, 1.82) is 0 Å². The number of aliphatic carboxylic acids is 1. The second kappa shape index (κ2) is 7.66. The number of benzene rings is 1. The third-order valence-corrected chi connectivity index (χ3v) is 5.23. The average Bonchev–Trinajstić information content (AvgIpc) is 2.64. The van der Waals surface area contributed by atoms with Gasteiger partial charge in [0.2, 0.25) is 0 Å². The van der Waals surface area contributed by atoms with Crippen LogP contribution in [0.25, 0.3) is 0 Å². The molecule has 1 aromatic carbocycles. The zero-order chi connectivity index (χ0) is 21.3. The molecule has 1 unspecified atom stereocenters. The first kappa shape index (κ1) is 20.5. The lowest BCUT2D eigenvalue weighted by Gasteiger charge is -2.30. The van der Waals surface area contributed by atoms with E-state index in [1.807, 2.05) is 19.9 Å². The van der Waals surface area contributed by atoms with Crippen molar-refractivity contribution in [2.75, 3.05) is 0 Å². The molecule has 0 radical (unpaired) electrons. The van der Waals surface area contributed by atoms with Gasteiger partial charge in [0.25, 0.3) is 11.5 Å². The molecule has 1 amide bonds. The Labute approximate surface area is 168 Å². The third kappa shape index (κ3) is 4.29. The quantitative estimate of drug-likeness (QED) is 0.808. The van der Waals surface area contributed by atoms with Crippen LogP contribution in [-0.2, 0) is 17.8 Å². The minimum Gasteiger partial charge on any atom is -0.480 e. The van der Waals surface area contributed by atoms with Gasteiger partial charge >= 0.3 is 5.97 Å². The van der Waals surface area contributed by atoms with E-state index in [1.165, 1.54) is 13.0 Å². The van der Waals surface area contributed by atoms with Gasteiger partial charge in [-0.25, -0.2) is 4.79 Å². The molecule has 1 aromatic heterocycles. The zero-order valence-electron chi connectivity index (χ0n) is 16.7. The average molecular weight is 396 g/mol. The molecule has 7 nitrogen and oxygen atoms in total. The minimum absolute atomic E-state index is 0.0324. The van der Waals surface area contributed by atoms with E-state index in [-0.39, 0.29) is 23.3 Å². The van der Waals surface area contributed by atoms with Gasteiger partial charge < -0.3 is 15.0 Å². The number of H-pyrrole nitrogens is 1. The van der Waals surface area contributed by atoms with Crippen molar-refractivity contribution in [3.8, 4) is 0 Å². The summed E-state index contributed by atoms with van der Waals surface area (Å²) in [6.07, 6.45) is 0.843. The van der Waals surface area contributed by atoms with Gasteiger partial charge in [-0.05, 0) is 30.4 Å². The first-order valence-electron chi connectivity index (χ1n) is 9.46. The summed E-state index contributed by atoms with van der Waals surface area (Å²) < 4.78 is 0. The molecule has 0 fully saturated rings. The smallest absolute Gasteiger partial charge is 0.326 e. The van der Waals surface area contributed by atoms with Crippen molar-refractivity contribution in [1.82, 2.24) is 9.88 Å². The Bertz CT molecular complexity index is 1020. The Morgan fingerprint density at radius 3 is 2.45 bits per heavy atom. The highest BCUT2D eigenvalue weighted by atomic mass is 16.4. The van der Waals surface area contributed by atoms with Crippen LogP contribution in [0.3, 0.4) is 0 Å². The number of aromatic amines is 1. The highest BCUT2D eigenvalue weighted by Crippen LogP contribution is 2.33. The van der Waals surface area contributed by atoms with E-state index in [2.05, 4.69) is 4.98 Å². The molecular formula is C22H24N2O5. The number of Topliss-reactive ketones (excluding diaryl/α,β-unsaturated/α-hetero) is 1. The molecule has 0 saturated carbocycles. The SMILES string of the molecule is CC(C(=O)O)N(Cc1ccccc1)C(=O)c1cc2c([nH]c1=O)CC(C)(C)CC2=O. The van der Waals surface area contributed by atoms with Crippen LogP contribution in [0.2, 0.25) is 0 Å². The highest BCUT2D eigenvalue weighted by Gasteiger charge is 2.34. The minimum atomic E-state index is -1.18. The number of hydrogen-bond donors (Lipinski definition) is 2. The fourth-order valence-corrected chi connectivity index (χ4v) is 3.64. The van der Waals surface area contributed by atoms with Gasteiger partial charge in [0, 0.05) is 24.2 Å². The first-order valence-corrected chi connectivity index (χ1v) is 9.46. The number of ketones is 1. The lowest BCUT2D eigenvalue weighted by Crippen LogP contribution is -2.44. The van der Waals surface area contributed by atoms with E-state index in [0.717, 1.165) is 10.5 Å². The predicted molar refractivity (Wildman–Crippen MR) is 107 cm³/mol. The Morgan fingerprint density at radius 1 is 1.17 bits per heavy atom. The molecule has 0 bridgehead atoms. The Hall–Kier alpha value is -3.22. The molecular weight excluding hydrogens is 372 g/mol. The maximum atomic E-state index is 13.2. The van der Waals surface area contributed by atoms with Crippen molar-refractivity contribution in [2.45, 2.75) is 46.2 Å². The lowest BCUT2D eigenvalue weighted by molar-refractivity contribution is -0.141. The number of pyridine rings is 1. The van der Waals surface area contributed by atoms with Crippen molar-refractivity contribution in [3.63, 3.8) is 0 Å². The van der Waals surface area contributed by atoms with Crippen molar-refractivity contribution in [3.05, 3.63) is 69.1 Å². The van der Waals surface area contributed by atoms with Crippen molar-refractivity contribution in [2.24, 2.45) is 5.41 Å². The van der Waals surface area contributed by atoms with Crippen molar-refractivity contribution >= 4 is 17.7 Å². The number of aromatic nitrogens is 1.